The number of ether oxygens (including phenoxy) is 1. The third-order valence-electron chi connectivity index (χ3n) is 2.70. The van der Waals surface area contributed by atoms with E-state index in [1.807, 2.05) is 0 Å². The minimum absolute atomic E-state index is 0.0936. The van der Waals surface area contributed by atoms with Crippen molar-refractivity contribution in [1.29, 1.82) is 0 Å². The van der Waals surface area contributed by atoms with Gasteiger partial charge in [-0.15, -0.1) is 0 Å². The van der Waals surface area contributed by atoms with Crippen LogP contribution in [0.2, 0.25) is 5.02 Å². The lowest BCUT2D eigenvalue weighted by Gasteiger charge is -2.09. The van der Waals surface area contributed by atoms with Gasteiger partial charge in [-0.2, -0.15) is 0 Å². The maximum atomic E-state index is 12.1. The number of aromatic nitrogens is 1. The van der Waals surface area contributed by atoms with Crippen LogP contribution in [-0.2, 0) is 4.74 Å². The fraction of sp³-hybridized carbons (Fsp3) is 0.0714. The van der Waals surface area contributed by atoms with Crippen LogP contribution in [0.4, 0.5) is 5.69 Å². The predicted molar refractivity (Wildman–Crippen MR) is 77.8 cm³/mol. The molecule has 0 radical (unpaired) electrons. The Labute approximate surface area is 124 Å². The van der Waals surface area contributed by atoms with E-state index >= 15 is 0 Å². The van der Waals surface area contributed by atoms with E-state index in [1.54, 1.807) is 18.2 Å². The standard InChI is InChI=1S/C14H11ClN2O4/c1-21-14(20)9-4-2-3-5-11(9)17-12(18)8-6-10(15)13(19)16-7-8/h2-7H,1H3,(H,16,19)(H,17,18). The maximum absolute atomic E-state index is 12.1. The summed E-state index contributed by atoms with van der Waals surface area (Å²) in [6.07, 6.45) is 1.24. The number of anilines is 1. The third kappa shape index (κ3) is 3.29. The predicted octanol–water partition coefficient (Wildman–Crippen LogP) is 2.07. The van der Waals surface area contributed by atoms with Gasteiger partial charge in [0.25, 0.3) is 11.5 Å². The Morgan fingerprint density at radius 3 is 2.67 bits per heavy atom. The summed E-state index contributed by atoms with van der Waals surface area (Å²) in [6.45, 7) is 0. The molecular weight excluding hydrogens is 296 g/mol. The molecule has 0 saturated carbocycles. The van der Waals surface area contributed by atoms with Crippen LogP contribution in [0.1, 0.15) is 20.7 Å². The number of benzene rings is 1. The Kier molecular flexibility index (Phi) is 4.39. The van der Waals surface area contributed by atoms with Crippen molar-refractivity contribution in [2.24, 2.45) is 0 Å². The zero-order valence-corrected chi connectivity index (χ0v) is 11.7. The summed E-state index contributed by atoms with van der Waals surface area (Å²) in [5.41, 5.74) is 0.211. The molecule has 1 amide bonds. The monoisotopic (exact) mass is 306 g/mol. The van der Waals surface area contributed by atoms with Crippen LogP contribution in [0.3, 0.4) is 0 Å². The molecule has 21 heavy (non-hydrogen) atoms. The van der Waals surface area contributed by atoms with Gasteiger partial charge in [-0.25, -0.2) is 4.79 Å². The van der Waals surface area contributed by atoms with E-state index in [0.29, 0.717) is 5.69 Å². The summed E-state index contributed by atoms with van der Waals surface area (Å²) < 4.78 is 4.64. The smallest absolute Gasteiger partial charge is 0.339 e. The van der Waals surface area contributed by atoms with E-state index in [-0.39, 0.29) is 16.1 Å². The Morgan fingerprint density at radius 1 is 1.29 bits per heavy atom. The minimum atomic E-state index is -0.564. The molecule has 0 aliphatic heterocycles. The maximum Gasteiger partial charge on any atom is 0.339 e. The second-order valence-corrected chi connectivity index (χ2v) is 4.46. The number of para-hydroxylation sites is 1. The molecule has 0 saturated heterocycles. The average molecular weight is 307 g/mol. The van der Waals surface area contributed by atoms with E-state index in [1.165, 1.54) is 25.4 Å². The SMILES string of the molecule is COC(=O)c1ccccc1NC(=O)c1c[nH]c(=O)c(Cl)c1. The number of pyridine rings is 1. The van der Waals surface area contributed by atoms with E-state index in [9.17, 15) is 14.4 Å². The van der Waals surface area contributed by atoms with Gasteiger partial charge in [-0.3, -0.25) is 9.59 Å². The van der Waals surface area contributed by atoms with Crippen molar-refractivity contribution in [3.8, 4) is 0 Å². The zero-order valence-electron chi connectivity index (χ0n) is 11.0. The van der Waals surface area contributed by atoms with Gasteiger partial charge in [0.15, 0.2) is 0 Å². The van der Waals surface area contributed by atoms with E-state index in [0.717, 1.165) is 0 Å². The highest BCUT2D eigenvalue weighted by Gasteiger charge is 2.14. The van der Waals surface area contributed by atoms with Crippen molar-refractivity contribution in [2.75, 3.05) is 12.4 Å². The summed E-state index contributed by atoms with van der Waals surface area (Å²) in [5.74, 6) is -1.07. The summed E-state index contributed by atoms with van der Waals surface area (Å²) >= 11 is 5.67. The van der Waals surface area contributed by atoms with E-state index in [2.05, 4.69) is 15.0 Å². The highest BCUT2D eigenvalue weighted by atomic mass is 35.5. The van der Waals surface area contributed by atoms with Crippen molar-refractivity contribution < 1.29 is 14.3 Å². The summed E-state index contributed by atoms with van der Waals surface area (Å²) in [7, 11) is 1.25. The lowest BCUT2D eigenvalue weighted by molar-refractivity contribution is 0.0602. The summed E-state index contributed by atoms with van der Waals surface area (Å²) in [5, 5.41) is 2.47. The molecule has 2 N–H and O–H groups in total. The molecular formula is C14H11ClN2O4. The molecule has 0 spiro atoms. The zero-order chi connectivity index (χ0) is 15.4. The Hall–Kier alpha value is -2.60. The number of rotatable bonds is 3. The van der Waals surface area contributed by atoms with Crippen LogP contribution in [0.5, 0.6) is 0 Å². The van der Waals surface area contributed by atoms with Crippen LogP contribution < -0.4 is 10.9 Å². The molecule has 2 aromatic rings. The molecule has 1 aromatic carbocycles. The lowest BCUT2D eigenvalue weighted by atomic mass is 10.1. The van der Waals surface area contributed by atoms with Gasteiger partial charge in [0.2, 0.25) is 0 Å². The number of H-pyrrole nitrogens is 1. The van der Waals surface area contributed by atoms with Crippen LogP contribution in [-0.4, -0.2) is 24.0 Å². The average Bonchev–Trinajstić information content (AvgIpc) is 2.49. The molecule has 1 aromatic heterocycles. The van der Waals surface area contributed by atoms with Gasteiger partial charge in [0.05, 0.1) is 23.9 Å². The van der Waals surface area contributed by atoms with Crippen LogP contribution in [0, 0.1) is 0 Å². The second-order valence-electron chi connectivity index (χ2n) is 4.06. The first-order chi connectivity index (χ1) is 10.0. The quantitative estimate of drug-likeness (QED) is 0.850. The molecule has 0 aliphatic carbocycles. The number of nitrogens with one attached hydrogen (secondary N) is 2. The van der Waals surface area contributed by atoms with Crippen molar-refractivity contribution in [3.63, 3.8) is 0 Å². The van der Waals surface area contributed by atoms with Crippen LogP contribution in [0.15, 0.2) is 41.3 Å². The molecule has 108 valence electrons. The number of aromatic amines is 1. The number of halogens is 1. The number of hydrogen-bond acceptors (Lipinski definition) is 4. The van der Waals surface area contributed by atoms with E-state index < -0.39 is 17.4 Å². The molecule has 6 nitrogen and oxygen atoms in total. The van der Waals surface area contributed by atoms with Gasteiger partial charge in [0.1, 0.15) is 5.02 Å². The highest BCUT2D eigenvalue weighted by molar-refractivity contribution is 6.30. The molecule has 1 heterocycles. The summed E-state index contributed by atoms with van der Waals surface area (Å²) in [6, 6.07) is 7.66. The van der Waals surface area contributed by atoms with Crippen molar-refractivity contribution in [2.45, 2.75) is 0 Å². The van der Waals surface area contributed by atoms with Gasteiger partial charge < -0.3 is 15.0 Å². The van der Waals surface area contributed by atoms with Crippen LogP contribution in [0.25, 0.3) is 0 Å². The topological polar surface area (TPSA) is 88.3 Å². The number of esters is 1. The Balaban J connectivity index is 2.29. The van der Waals surface area contributed by atoms with Crippen molar-refractivity contribution >= 4 is 29.2 Å². The molecule has 7 heteroatoms. The molecule has 0 unspecified atom stereocenters. The Morgan fingerprint density at radius 2 is 2.00 bits per heavy atom. The van der Waals surface area contributed by atoms with Crippen LogP contribution >= 0.6 is 11.6 Å². The number of methoxy groups -OCH3 is 1. The first kappa shape index (κ1) is 14.8. The first-order valence-corrected chi connectivity index (χ1v) is 6.27. The van der Waals surface area contributed by atoms with Gasteiger partial charge in [-0.1, -0.05) is 23.7 Å². The van der Waals surface area contributed by atoms with Crippen molar-refractivity contribution in [3.05, 3.63) is 63.0 Å². The molecule has 0 aliphatic rings. The Bertz CT molecular complexity index is 755. The fourth-order valence-electron chi connectivity index (χ4n) is 1.66. The van der Waals surface area contributed by atoms with E-state index in [4.69, 9.17) is 11.6 Å². The number of hydrogen-bond donors (Lipinski definition) is 2. The normalized spacial score (nSPS) is 10.0. The second kappa shape index (κ2) is 6.23. The summed E-state index contributed by atoms with van der Waals surface area (Å²) in [4.78, 5) is 37.2. The first-order valence-electron chi connectivity index (χ1n) is 5.90. The number of carbonyl (C=O) groups excluding carboxylic acids is 2. The van der Waals surface area contributed by atoms with Gasteiger partial charge in [-0.05, 0) is 18.2 Å². The lowest BCUT2D eigenvalue weighted by Crippen LogP contribution is -2.17. The van der Waals surface area contributed by atoms with Gasteiger partial charge >= 0.3 is 5.97 Å². The third-order valence-corrected chi connectivity index (χ3v) is 2.98. The largest absolute Gasteiger partial charge is 0.465 e. The number of amides is 1. The molecule has 0 bridgehead atoms. The molecule has 0 fully saturated rings. The highest BCUT2D eigenvalue weighted by Crippen LogP contribution is 2.17. The minimum Gasteiger partial charge on any atom is -0.465 e. The van der Waals surface area contributed by atoms with Crippen molar-refractivity contribution in [1.82, 2.24) is 4.98 Å². The fourth-order valence-corrected chi connectivity index (χ4v) is 1.83. The number of carbonyl (C=O) groups is 2. The molecule has 0 atom stereocenters. The molecule has 2 rings (SSSR count). The van der Waals surface area contributed by atoms with Gasteiger partial charge in [0, 0.05) is 6.20 Å².